The van der Waals surface area contributed by atoms with Gasteiger partial charge in [-0.05, 0) is 42.3 Å². The van der Waals surface area contributed by atoms with Crippen LogP contribution >= 0.6 is 0 Å². The van der Waals surface area contributed by atoms with Crippen LogP contribution < -0.4 is 19.7 Å². The summed E-state index contributed by atoms with van der Waals surface area (Å²) >= 11 is 0. The molecule has 1 aliphatic heterocycles. The number of benzene rings is 2. The molecule has 0 bridgehead atoms. The summed E-state index contributed by atoms with van der Waals surface area (Å²) in [7, 11) is 4.12. The van der Waals surface area contributed by atoms with Crippen LogP contribution in [0.2, 0.25) is 0 Å². The Balaban J connectivity index is 1.71. The van der Waals surface area contributed by atoms with Gasteiger partial charge in [0, 0.05) is 32.0 Å². The molecule has 1 N–H and O–H groups in total. The molecule has 0 unspecified atom stereocenters. The maximum Gasteiger partial charge on any atom is 0.231 e. The molecule has 0 radical (unpaired) electrons. The topological polar surface area (TPSA) is 33.7 Å². The Labute approximate surface area is 125 Å². The monoisotopic (exact) mass is 284 g/mol. The highest BCUT2D eigenvalue weighted by atomic mass is 16.7. The smallest absolute Gasteiger partial charge is 0.231 e. The zero-order valence-corrected chi connectivity index (χ0v) is 12.6. The van der Waals surface area contributed by atoms with Crippen molar-refractivity contribution in [2.24, 2.45) is 0 Å². The van der Waals surface area contributed by atoms with Gasteiger partial charge in [0.1, 0.15) is 0 Å². The van der Waals surface area contributed by atoms with E-state index in [-0.39, 0.29) is 0 Å². The summed E-state index contributed by atoms with van der Waals surface area (Å²) in [6.07, 6.45) is 0. The van der Waals surface area contributed by atoms with E-state index in [1.54, 1.807) is 0 Å². The molecule has 0 amide bonds. The van der Waals surface area contributed by atoms with Gasteiger partial charge in [-0.1, -0.05) is 12.1 Å². The molecule has 0 aliphatic carbocycles. The quantitative estimate of drug-likeness (QED) is 0.933. The third-order valence-corrected chi connectivity index (χ3v) is 3.62. The van der Waals surface area contributed by atoms with Gasteiger partial charge in [0.25, 0.3) is 0 Å². The van der Waals surface area contributed by atoms with Crippen molar-refractivity contribution in [2.75, 3.05) is 31.1 Å². The summed E-state index contributed by atoms with van der Waals surface area (Å²) < 4.78 is 10.7. The summed E-state index contributed by atoms with van der Waals surface area (Å²) in [6, 6.07) is 12.5. The highest BCUT2D eigenvalue weighted by Crippen LogP contribution is 2.32. The zero-order valence-electron chi connectivity index (χ0n) is 12.6. The molecular weight excluding hydrogens is 264 g/mol. The van der Waals surface area contributed by atoms with Gasteiger partial charge in [0.05, 0.1) is 0 Å². The van der Waals surface area contributed by atoms with Crippen LogP contribution in [0.1, 0.15) is 11.1 Å². The number of nitrogens with zero attached hydrogens (tertiary/aromatic N) is 1. The third-order valence-electron chi connectivity index (χ3n) is 3.62. The first-order chi connectivity index (χ1) is 10.1. The number of aryl methyl sites for hydroxylation is 1. The number of hydrogen-bond acceptors (Lipinski definition) is 4. The van der Waals surface area contributed by atoms with E-state index in [9.17, 15) is 0 Å². The van der Waals surface area contributed by atoms with E-state index in [4.69, 9.17) is 9.47 Å². The summed E-state index contributed by atoms with van der Waals surface area (Å²) in [5, 5.41) is 3.45. The maximum absolute atomic E-state index is 5.40. The molecule has 3 rings (SSSR count). The molecule has 0 saturated carbocycles. The lowest BCUT2D eigenvalue weighted by atomic mass is 10.1. The Morgan fingerprint density at radius 3 is 2.67 bits per heavy atom. The Bertz CT molecular complexity index is 653. The van der Waals surface area contributed by atoms with Crippen molar-refractivity contribution in [1.29, 1.82) is 0 Å². The van der Waals surface area contributed by atoms with Crippen molar-refractivity contribution in [3.8, 4) is 11.5 Å². The molecule has 1 aliphatic rings. The normalized spacial score (nSPS) is 12.3. The van der Waals surface area contributed by atoms with Gasteiger partial charge in [-0.3, -0.25) is 0 Å². The van der Waals surface area contributed by atoms with Gasteiger partial charge in [0.15, 0.2) is 11.5 Å². The predicted molar refractivity (Wildman–Crippen MR) is 85.4 cm³/mol. The van der Waals surface area contributed by atoms with Gasteiger partial charge >= 0.3 is 0 Å². The van der Waals surface area contributed by atoms with Crippen molar-refractivity contribution in [1.82, 2.24) is 0 Å². The Hall–Kier alpha value is -2.36. The lowest BCUT2D eigenvalue weighted by Gasteiger charge is -2.17. The van der Waals surface area contributed by atoms with Crippen molar-refractivity contribution in [2.45, 2.75) is 13.5 Å². The molecular formula is C17H20N2O2. The second kappa shape index (κ2) is 5.56. The Morgan fingerprint density at radius 2 is 1.86 bits per heavy atom. The van der Waals surface area contributed by atoms with E-state index in [0.29, 0.717) is 6.79 Å². The van der Waals surface area contributed by atoms with Crippen LogP contribution in [0.15, 0.2) is 36.4 Å². The average Bonchev–Trinajstić information content (AvgIpc) is 2.93. The lowest BCUT2D eigenvalue weighted by molar-refractivity contribution is 0.174. The van der Waals surface area contributed by atoms with Crippen molar-refractivity contribution < 1.29 is 9.47 Å². The number of anilines is 2. The van der Waals surface area contributed by atoms with Gasteiger partial charge in [0.2, 0.25) is 6.79 Å². The number of hydrogen-bond donors (Lipinski definition) is 1. The Kier molecular flexibility index (Phi) is 3.60. The predicted octanol–water partition coefficient (Wildman–Crippen LogP) is 3.40. The molecule has 0 atom stereocenters. The molecule has 1 heterocycles. The van der Waals surface area contributed by atoms with E-state index in [1.807, 2.05) is 12.1 Å². The first-order valence-electron chi connectivity index (χ1n) is 7.04. The van der Waals surface area contributed by atoms with Crippen molar-refractivity contribution in [3.05, 3.63) is 47.5 Å². The fourth-order valence-electron chi connectivity index (χ4n) is 2.46. The number of ether oxygens (including phenoxy) is 2. The molecule has 4 nitrogen and oxygen atoms in total. The third kappa shape index (κ3) is 2.89. The fraction of sp³-hybridized carbons (Fsp3) is 0.294. The first kappa shape index (κ1) is 13.6. The van der Waals surface area contributed by atoms with E-state index in [2.05, 4.69) is 55.5 Å². The number of fused-ring (bicyclic) bond motifs is 1. The molecule has 2 aromatic rings. The highest BCUT2D eigenvalue weighted by Gasteiger charge is 2.13. The van der Waals surface area contributed by atoms with Gasteiger partial charge in [-0.2, -0.15) is 0 Å². The van der Waals surface area contributed by atoms with E-state index in [1.165, 1.54) is 16.8 Å². The van der Waals surface area contributed by atoms with Crippen molar-refractivity contribution >= 4 is 11.4 Å². The Morgan fingerprint density at radius 1 is 1.05 bits per heavy atom. The summed E-state index contributed by atoms with van der Waals surface area (Å²) in [6.45, 7) is 3.19. The van der Waals surface area contributed by atoms with Crippen LogP contribution in [0, 0.1) is 6.92 Å². The average molecular weight is 284 g/mol. The standard InChI is InChI=1S/C17H20N2O2/c1-12-4-6-14(9-15(12)19(2)3)18-10-13-5-7-16-17(8-13)21-11-20-16/h4-9,18H,10-11H2,1-3H3. The molecule has 0 spiro atoms. The van der Waals surface area contributed by atoms with E-state index >= 15 is 0 Å². The minimum absolute atomic E-state index is 0.316. The van der Waals surface area contributed by atoms with E-state index in [0.717, 1.165) is 23.7 Å². The van der Waals surface area contributed by atoms with Crippen LogP contribution in [-0.2, 0) is 6.54 Å². The second-order valence-corrected chi connectivity index (χ2v) is 5.44. The maximum atomic E-state index is 5.40. The molecule has 21 heavy (non-hydrogen) atoms. The molecule has 0 aromatic heterocycles. The van der Waals surface area contributed by atoms with Gasteiger partial charge in [-0.25, -0.2) is 0 Å². The highest BCUT2D eigenvalue weighted by molar-refractivity contribution is 5.62. The largest absolute Gasteiger partial charge is 0.454 e. The molecule has 2 aromatic carbocycles. The summed E-state index contributed by atoms with van der Waals surface area (Å²) in [5.74, 6) is 1.65. The van der Waals surface area contributed by atoms with Crippen LogP contribution in [0.3, 0.4) is 0 Å². The molecule has 0 fully saturated rings. The van der Waals surface area contributed by atoms with Gasteiger partial charge < -0.3 is 19.7 Å². The van der Waals surface area contributed by atoms with Gasteiger partial charge in [-0.15, -0.1) is 0 Å². The lowest BCUT2D eigenvalue weighted by Crippen LogP contribution is -2.10. The van der Waals surface area contributed by atoms with E-state index < -0.39 is 0 Å². The zero-order chi connectivity index (χ0) is 14.8. The minimum Gasteiger partial charge on any atom is -0.454 e. The fourth-order valence-corrected chi connectivity index (χ4v) is 2.46. The first-order valence-corrected chi connectivity index (χ1v) is 7.04. The van der Waals surface area contributed by atoms with Crippen LogP contribution in [0.25, 0.3) is 0 Å². The molecule has 0 saturated heterocycles. The summed E-state index contributed by atoms with van der Waals surface area (Å²) in [4.78, 5) is 2.13. The summed E-state index contributed by atoms with van der Waals surface area (Å²) in [5.41, 5.74) is 4.78. The van der Waals surface area contributed by atoms with Crippen LogP contribution in [0.5, 0.6) is 11.5 Å². The van der Waals surface area contributed by atoms with Crippen molar-refractivity contribution in [3.63, 3.8) is 0 Å². The van der Waals surface area contributed by atoms with Crippen LogP contribution in [-0.4, -0.2) is 20.9 Å². The SMILES string of the molecule is Cc1ccc(NCc2ccc3c(c2)OCO3)cc1N(C)C. The van der Waals surface area contributed by atoms with Crippen LogP contribution in [0.4, 0.5) is 11.4 Å². The number of nitrogens with one attached hydrogen (secondary N) is 1. The second-order valence-electron chi connectivity index (χ2n) is 5.44. The molecule has 4 heteroatoms. The molecule has 110 valence electrons. The number of rotatable bonds is 4. The minimum atomic E-state index is 0.316.